The highest BCUT2D eigenvalue weighted by molar-refractivity contribution is 5.89. The summed E-state index contributed by atoms with van der Waals surface area (Å²) >= 11 is 0. The van der Waals surface area contributed by atoms with Gasteiger partial charge in [0.05, 0.1) is 12.2 Å². The normalized spacial score (nSPS) is 15.6. The van der Waals surface area contributed by atoms with Crippen LogP contribution in [0.5, 0.6) is 0 Å². The zero-order valence-corrected chi connectivity index (χ0v) is 11.2. The lowest BCUT2D eigenvalue weighted by Gasteiger charge is -2.27. The fourth-order valence-electron chi connectivity index (χ4n) is 2.24. The summed E-state index contributed by atoms with van der Waals surface area (Å²) in [5.41, 5.74) is 1.13. The molecule has 8 heteroatoms. The Bertz CT molecular complexity index is 619. The molecule has 1 fully saturated rings. The van der Waals surface area contributed by atoms with Gasteiger partial charge >= 0.3 is 0 Å². The monoisotopic (exact) mass is 276 g/mol. The number of hydrogen-bond acceptors (Lipinski definition) is 7. The maximum atomic E-state index is 12.1. The standard InChI is InChI=1S/C12H16N6O2/c1-8-10-11(15-7-16-12(10)20-17-8)14-6-9(19)18-4-2-13-3-5-18/h7,13H,2-6H2,1H3,(H,14,15,16). The van der Waals surface area contributed by atoms with E-state index < -0.39 is 0 Å². The quantitative estimate of drug-likeness (QED) is 0.799. The second-order valence-corrected chi connectivity index (χ2v) is 4.65. The van der Waals surface area contributed by atoms with Gasteiger partial charge in [0.1, 0.15) is 17.5 Å². The van der Waals surface area contributed by atoms with Crippen LogP contribution in [0.2, 0.25) is 0 Å². The number of carbonyl (C=O) groups excluding carboxylic acids is 1. The van der Waals surface area contributed by atoms with Crippen molar-refractivity contribution < 1.29 is 9.32 Å². The SMILES string of the molecule is Cc1noc2ncnc(NCC(=O)N3CCNCC3)c12. The van der Waals surface area contributed by atoms with Crippen LogP contribution in [-0.2, 0) is 4.79 Å². The lowest BCUT2D eigenvalue weighted by Crippen LogP contribution is -2.48. The average Bonchev–Trinajstić information content (AvgIpc) is 2.88. The molecule has 0 radical (unpaired) electrons. The van der Waals surface area contributed by atoms with Crippen LogP contribution in [0.15, 0.2) is 10.9 Å². The third-order valence-electron chi connectivity index (χ3n) is 3.32. The van der Waals surface area contributed by atoms with Gasteiger partial charge in [0, 0.05) is 26.2 Å². The van der Waals surface area contributed by atoms with E-state index in [4.69, 9.17) is 4.52 Å². The lowest BCUT2D eigenvalue weighted by atomic mass is 10.3. The van der Waals surface area contributed by atoms with Crippen LogP contribution in [0, 0.1) is 6.92 Å². The summed E-state index contributed by atoms with van der Waals surface area (Å²) in [6.07, 6.45) is 1.39. The molecule has 3 rings (SSSR count). The van der Waals surface area contributed by atoms with Crippen molar-refractivity contribution in [3.05, 3.63) is 12.0 Å². The third kappa shape index (κ3) is 2.42. The Labute approximate surface area is 115 Å². The van der Waals surface area contributed by atoms with Crippen LogP contribution in [0.1, 0.15) is 5.69 Å². The highest BCUT2D eigenvalue weighted by atomic mass is 16.5. The van der Waals surface area contributed by atoms with Crippen LogP contribution < -0.4 is 10.6 Å². The molecular formula is C12H16N6O2. The van der Waals surface area contributed by atoms with Gasteiger partial charge in [-0.1, -0.05) is 5.16 Å². The van der Waals surface area contributed by atoms with E-state index in [1.54, 1.807) is 0 Å². The summed E-state index contributed by atoms with van der Waals surface area (Å²) in [4.78, 5) is 22.1. The van der Waals surface area contributed by atoms with Crippen molar-refractivity contribution in [2.75, 3.05) is 38.0 Å². The number of rotatable bonds is 3. The van der Waals surface area contributed by atoms with Gasteiger partial charge in [0.15, 0.2) is 0 Å². The van der Waals surface area contributed by atoms with Gasteiger partial charge in [-0.2, -0.15) is 4.98 Å². The molecule has 1 aliphatic rings. The molecule has 0 saturated carbocycles. The van der Waals surface area contributed by atoms with E-state index in [1.807, 2.05) is 11.8 Å². The molecule has 0 unspecified atom stereocenters. The zero-order valence-electron chi connectivity index (χ0n) is 11.2. The largest absolute Gasteiger partial charge is 0.360 e. The Balaban J connectivity index is 1.70. The van der Waals surface area contributed by atoms with Gasteiger partial charge in [0.2, 0.25) is 5.91 Å². The number of amides is 1. The first-order chi connectivity index (χ1) is 9.75. The molecule has 106 valence electrons. The van der Waals surface area contributed by atoms with Gasteiger partial charge in [0.25, 0.3) is 5.71 Å². The molecule has 8 nitrogen and oxygen atoms in total. The summed E-state index contributed by atoms with van der Waals surface area (Å²) in [7, 11) is 0. The predicted octanol–water partition coefficient (Wildman–Crippen LogP) is -0.230. The number of anilines is 1. The summed E-state index contributed by atoms with van der Waals surface area (Å²) in [5.74, 6) is 0.643. The van der Waals surface area contributed by atoms with E-state index in [0.717, 1.165) is 31.6 Å². The van der Waals surface area contributed by atoms with Crippen molar-refractivity contribution in [2.24, 2.45) is 0 Å². The van der Waals surface area contributed by atoms with Gasteiger partial charge in [-0.3, -0.25) is 4.79 Å². The highest BCUT2D eigenvalue weighted by Gasteiger charge is 2.17. The molecule has 0 atom stereocenters. The number of aromatic nitrogens is 3. The molecule has 20 heavy (non-hydrogen) atoms. The molecule has 3 heterocycles. The Morgan fingerprint density at radius 1 is 1.45 bits per heavy atom. The number of nitrogens with zero attached hydrogens (tertiary/aromatic N) is 4. The molecule has 2 aromatic heterocycles. The van der Waals surface area contributed by atoms with E-state index in [2.05, 4.69) is 25.8 Å². The second kappa shape index (κ2) is 5.41. The number of aryl methyl sites for hydroxylation is 1. The van der Waals surface area contributed by atoms with E-state index in [9.17, 15) is 4.79 Å². The maximum absolute atomic E-state index is 12.1. The first-order valence-electron chi connectivity index (χ1n) is 6.55. The number of hydrogen-bond donors (Lipinski definition) is 2. The van der Waals surface area contributed by atoms with Gasteiger partial charge in [-0.15, -0.1) is 0 Å². The maximum Gasteiger partial charge on any atom is 0.263 e. The highest BCUT2D eigenvalue weighted by Crippen LogP contribution is 2.21. The Morgan fingerprint density at radius 3 is 3.05 bits per heavy atom. The minimum Gasteiger partial charge on any atom is -0.360 e. The molecule has 2 aromatic rings. The summed E-state index contributed by atoms with van der Waals surface area (Å²) < 4.78 is 5.07. The summed E-state index contributed by atoms with van der Waals surface area (Å²) in [6.45, 7) is 5.19. The first-order valence-corrected chi connectivity index (χ1v) is 6.55. The molecule has 0 bridgehead atoms. The van der Waals surface area contributed by atoms with Crippen molar-refractivity contribution >= 4 is 22.8 Å². The molecule has 0 aromatic carbocycles. The van der Waals surface area contributed by atoms with E-state index in [0.29, 0.717) is 17.2 Å². The van der Waals surface area contributed by atoms with Crippen molar-refractivity contribution in [1.29, 1.82) is 0 Å². The molecule has 0 spiro atoms. The molecule has 0 aliphatic carbocycles. The number of nitrogens with one attached hydrogen (secondary N) is 2. The van der Waals surface area contributed by atoms with E-state index in [1.165, 1.54) is 6.33 Å². The van der Waals surface area contributed by atoms with Crippen LogP contribution in [0.3, 0.4) is 0 Å². The van der Waals surface area contributed by atoms with Gasteiger partial charge < -0.3 is 20.1 Å². The Morgan fingerprint density at radius 2 is 2.25 bits per heavy atom. The van der Waals surface area contributed by atoms with Crippen LogP contribution in [-0.4, -0.2) is 58.7 Å². The van der Waals surface area contributed by atoms with Crippen molar-refractivity contribution in [1.82, 2.24) is 25.3 Å². The van der Waals surface area contributed by atoms with Crippen LogP contribution >= 0.6 is 0 Å². The Hall–Kier alpha value is -2.22. The van der Waals surface area contributed by atoms with Crippen molar-refractivity contribution in [2.45, 2.75) is 6.92 Å². The predicted molar refractivity (Wildman–Crippen MR) is 72.3 cm³/mol. The Kier molecular flexibility index (Phi) is 3.46. The summed E-state index contributed by atoms with van der Waals surface area (Å²) in [5, 5.41) is 10.8. The first kappa shape index (κ1) is 12.8. The minimum atomic E-state index is 0.0624. The van der Waals surface area contributed by atoms with Crippen molar-refractivity contribution in [3.63, 3.8) is 0 Å². The van der Waals surface area contributed by atoms with Gasteiger partial charge in [-0.25, -0.2) is 4.98 Å². The number of carbonyl (C=O) groups is 1. The number of fused-ring (bicyclic) bond motifs is 1. The molecule has 1 saturated heterocycles. The lowest BCUT2D eigenvalue weighted by molar-refractivity contribution is -0.129. The topological polar surface area (TPSA) is 96.2 Å². The van der Waals surface area contributed by atoms with Crippen molar-refractivity contribution in [3.8, 4) is 0 Å². The minimum absolute atomic E-state index is 0.0624. The van der Waals surface area contributed by atoms with Gasteiger partial charge in [-0.05, 0) is 6.92 Å². The zero-order chi connectivity index (χ0) is 13.9. The number of piperazine rings is 1. The fraction of sp³-hybridized carbons (Fsp3) is 0.500. The van der Waals surface area contributed by atoms with Crippen LogP contribution in [0.4, 0.5) is 5.82 Å². The summed E-state index contributed by atoms with van der Waals surface area (Å²) in [6, 6.07) is 0. The smallest absolute Gasteiger partial charge is 0.263 e. The van der Waals surface area contributed by atoms with Crippen LogP contribution in [0.25, 0.3) is 11.1 Å². The van der Waals surface area contributed by atoms with E-state index in [-0.39, 0.29) is 12.5 Å². The second-order valence-electron chi connectivity index (χ2n) is 4.65. The average molecular weight is 276 g/mol. The molecule has 1 amide bonds. The fourth-order valence-corrected chi connectivity index (χ4v) is 2.24. The third-order valence-corrected chi connectivity index (χ3v) is 3.32. The molecule has 1 aliphatic heterocycles. The van der Waals surface area contributed by atoms with E-state index >= 15 is 0 Å². The molecular weight excluding hydrogens is 260 g/mol. The molecule has 2 N–H and O–H groups in total.